The van der Waals surface area contributed by atoms with Crippen molar-refractivity contribution in [1.29, 1.82) is 0 Å². The highest BCUT2D eigenvalue weighted by Gasteiger charge is 2.34. The van der Waals surface area contributed by atoms with E-state index in [1.807, 2.05) is 0 Å². The van der Waals surface area contributed by atoms with Crippen LogP contribution >= 0.6 is 27.5 Å². The van der Waals surface area contributed by atoms with E-state index in [1.165, 1.54) is 4.31 Å². The molecule has 8 heteroatoms. The minimum absolute atomic E-state index is 0.181. The molecule has 0 aromatic heterocycles. The van der Waals surface area contributed by atoms with E-state index in [4.69, 9.17) is 11.6 Å². The predicted octanol–water partition coefficient (Wildman–Crippen LogP) is 5.06. The van der Waals surface area contributed by atoms with Gasteiger partial charge in [0.05, 0.1) is 22.2 Å². The van der Waals surface area contributed by atoms with Crippen LogP contribution in [0.4, 0.5) is 5.69 Å². The van der Waals surface area contributed by atoms with Crippen molar-refractivity contribution in [2.45, 2.75) is 43.0 Å². The number of benzene rings is 2. The molecule has 5 nitrogen and oxygen atoms in total. The Labute approximate surface area is 179 Å². The van der Waals surface area contributed by atoms with Gasteiger partial charge in [0.1, 0.15) is 0 Å². The van der Waals surface area contributed by atoms with Gasteiger partial charge in [-0.2, -0.15) is 4.31 Å². The number of rotatable bonds is 6. The largest absolute Gasteiger partial charge is 0.324 e. The number of hydrogen-bond donors (Lipinski definition) is 1. The zero-order valence-electron chi connectivity index (χ0n) is 15.3. The average molecular weight is 486 g/mol. The Morgan fingerprint density at radius 3 is 2.36 bits per heavy atom. The molecule has 3 rings (SSSR count). The minimum atomic E-state index is -3.80. The van der Waals surface area contributed by atoms with E-state index >= 15 is 0 Å². The highest BCUT2D eigenvalue weighted by molar-refractivity contribution is 9.10. The van der Waals surface area contributed by atoms with Crippen LogP contribution in [-0.2, 0) is 14.8 Å². The number of amides is 1. The number of carbonyl (C=O) groups is 1. The van der Waals surface area contributed by atoms with Gasteiger partial charge < -0.3 is 5.32 Å². The molecule has 0 saturated heterocycles. The monoisotopic (exact) mass is 484 g/mol. The lowest BCUT2D eigenvalue weighted by Crippen LogP contribution is -2.45. The summed E-state index contributed by atoms with van der Waals surface area (Å²) in [4.78, 5) is 12.9. The minimum Gasteiger partial charge on any atom is -0.324 e. The lowest BCUT2D eigenvalue weighted by atomic mass is 9.95. The predicted molar refractivity (Wildman–Crippen MR) is 115 cm³/mol. The zero-order chi connectivity index (χ0) is 20.1. The first-order valence-corrected chi connectivity index (χ1v) is 11.8. The van der Waals surface area contributed by atoms with Gasteiger partial charge in [0.15, 0.2) is 0 Å². The fourth-order valence-electron chi connectivity index (χ4n) is 3.42. The molecule has 0 heterocycles. The molecular formula is C20H22BrClN2O3S. The third-order valence-electron chi connectivity index (χ3n) is 4.85. The second-order valence-electron chi connectivity index (χ2n) is 6.82. The summed E-state index contributed by atoms with van der Waals surface area (Å²) in [5, 5.41) is 3.14. The van der Waals surface area contributed by atoms with E-state index < -0.39 is 15.9 Å². The molecule has 1 N–H and O–H groups in total. The normalized spacial score (nSPS) is 15.5. The molecule has 1 aliphatic carbocycles. The van der Waals surface area contributed by atoms with Gasteiger partial charge in [-0.25, -0.2) is 8.42 Å². The zero-order valence-corrected chi connectivity index (χ0v) is 18.4. The van der Waals surface area contributed by atoms with Gasteiger partial charge in [0, 0.05) is 10.5 Å². The number of anilines is 1. The molecule has 28 heavy (non-hydrogen) atoms. The van der Waals surface area contributed by atoms with Crippen LogP contribution in [0.2, 0.25) is 5.02 Å². The third kappa shape index (κ3) is 5.14. The van der Waals surface area contributed by atoms with E-state index in [0.717, 1.165) is 36.6 Å². The van der Waals surface area contributed by atoms with Gasteiger partial charge in [0.2, 0.25) is 15.9 Å². The average Bonchev–Trinajstić information content (AvgIpc) is 2.69. The summed E-state index contributed by atoms with van der Waals surface area (Å²) in [7, 11) is -3.80. The Morgan fingerprint density at radius 2 is 1.71 bits per heavy atom. The third-order valence-corrected chi connectivity index (χ3v) is 7.62. The van der Waals surface area contributed by atoms with Crippen LogP contribution in [-0.4, -0.2) is 31.2 Å². The number of halogens is 2. The summed E-state index contributed by atoms with van der Waals surface area (Å²) in [6.07, 6.45) is 4.53. The first kappa shape index (κ1) is 21.3. The lowest BCUT2D eigenvalue weighted by Gasteiger charge is -2.33. The SMILES string of the molecule is O=C(CN(C1CCCCC1)S(=O)(=O)c1ccc(Br)cc1)Nc1ccccc1Cl. The summed E-state index contributed by atoms with van der Waals surface area (Å²) >= 11 is 9.43. The second kappa shape index (κ2) is 9.39. The topological polar surface area (TPSA) is 66.5 Å². The molecule has 1 fully saturated rings. The smallest absolute Gasteiger partial charge is 0.243 e. The van der Waals surface area contributed by atoms with Crippen molar-refractivity contribution < 1.29 is 13.2 Å². The number of nitrogens with one attached hydrogen (secondary N) is 1. The van der Waals surface area contributed by atoms with Gasteiger partial charge >= 0.3 is 0 Å². The maximum atomic E-state index is 13.3. The lowest BCUT2D eigenvalue weighted by molar-refractivity contribution is -0.116. The quantitative estimate of drug-likeness (QED) is 0.621. The molecular weight excluding hydrogens is 464 g/mol. The first-order valence-electron chi connectivity index (χ1n) is 9.20. The summed E-state index contributed by atoms with van der Waals surface area (Å²) < 4.78 is 28.8. The number of sulfonamides is 1. The number of para-hydroxylation sites is 1. The summed E-state index contributed by atoms with van der Waals surface area (Å²) in [6.45, 7) is -0.242. The molecule has 1 amide bonds. The Balaban J connectivity index is 1.85. The molecule has 2 aromatic carbocycles. The Kier molecular flexibility index (Phi) is 7.15. The molecule has 150 valence electrons. The van der Waals surface area contributed by atoms with Crippen LogP contribution in [0.25, 0.3) is 0 Å². The van der Waals surface area contributed by atoms with Crippen molar-refractivity contribution in [3.05, 3.63) is 58.0 Å². The van der Waals surface area contributed by atoms with E-state index in [-0.39, 0.29) is 17.5 Å². The van der Waals surface area contributed by atoms with Crippen molar-refractivity contribution in [2.24, 2.45) is 0 Å². The molecule has 0 unspecified atom stereocenters. The fourth-order valence-corrected chi connectivity index (χ4v) is 5.50. The Hall–Kier alpha value is -1.41. The highest BCUT2D eigenvalue weighted by atomic mass is 79.9. The van der Waals surface area contributed by atoms with Crippen LogP contribution in [0, 0.1) is 0 Å². The number of carbonyl (C=O) groups excluding carboxylic acids is 1. The second-order valence-corrected chi connectivity index (χ2v) is 10.0. The fraction of sp³-hybridized carbons (Fsp3) is 0.350. The Morgan fingerprint density at radius 1 is 1.07 bits per heavy atom. The number of hydrogen-bond acceptors (Lipinski definition) is 3. The van der Waals surface area contributed by atoms with Crippen molar-refractivity contribution >= 4 is 49.1 Å². The summed E-state index contributed by atoms with van der Waals surface area (Å²) in [5.41, 5.74) is 0.471. The van der Waals surface area contributed by atoms with Gasteiger partial charge in [-0.05, 0) is 49.2 Å². The van der Waals surface area contributed by atoms with Gasteiger partial charge in [-0.15, -0.1) is 0 Å². The van der Waals surface area contributed by atoms with Crippen molar-refractivity contribution in [3.63, 3.8) is 0 Å². The molecule has 2 aromatic rings. The van der Waals surface area contributed by atoms with E-state index in [9.17, 15) is 13.2 Å². The maximum Gasteiger partial charge on any atom is 0.243 e. The Bertz CT molecular complexity index is 929. The maximum absolute atomic E-state index is 13.3. The van der Waals surface area contributed by atoms with Crippen LogP contribution < -0.4 is 5.32 Å². The molecule has 1 saturated carbocycles. The van der Waals surface area contributed by atoms with Gasteiger partial charge in [-0.1, -0.05) is 58.9 Å². The first-order chi connectivity index (χ1) is 13.4. The van der Waals surface area contributed by atoms with E-state index in [2.05, 4.69) is 21.2 Å². The van der Waals surface area contributed by atoms with Crippen LogP contribution in [0.5, 0.6) is 0 Å². The van der Waals surface area contributed by atoms with E-state index in [1.54, 1.807) is 48.5 Å². The van der Waals surface area contributed by atoms with E-state index in [0.29, 0.717) is 10.7 Å². The van der Waals surface area contributed by atoms with Crippen LogP contribution in [0.15, 0.2) is 57.9 Å². The summed E-state index contributed by atoms with van der Waals surface area (Å²) in [6, 6.07) is 13.2. The molecule has 1 aliphatic rings. The molecule has 0 aliphatic heterocycles. The number of nitrogens with zero attached hydrogens (tertiary/aromatic N) is 1. The molecule has 0 spiro atoms. The standard InChI is InChI=1S/C20H22BrClN2O3S/c21-15-10-12-17(13-11-15)28(26,27)24(16-6-2-1-3-7-16)14-20(25)23-19-9-5-4-8-18(19)22/h4-5,8-13,16H,1-3,6-7,14H2,(H,23,25). The summed E-state index contributed by atoms with van der Waals surface area (Å²) in [5.74, 6) is -0.403. The van der Waals surface area contributed by atoms with Crippen molar-refractivity contribution in [1.82, 2.24) is 4.31 Å². The van der Waals surface area contributed by atoms with Crippen molar-refractivity contribution in [2.75, 3.05) is 11.9 Å². The van der Waals surface area contributed by atoms with Crippen LogP contribution in [0.1, 0.15) is 32.1 Å². The van der Waals surface area contributed by atoms with Gasteiger partial charge in [0.25, 0.3) is 0 Å². The molecule has 0 bridgehead atoms. The molecule has 0 radical (unpaired) electrons. The molecule has 0 atom stereocenters. The van der Waals surface area contributed by atoms with Gasteiger partial charge in [-0.3, -0.25) is 4.79 Å². The highest BCUT2D eigenvalue weighted by Crippen LogP contribution is 2.29. The van der Waals surface area contributed by atoms with Crippen LogP contribution in [0.3, 0.4) is 0 Å². The van der Waals surface area contributed by atoms with Crippen molar-refractivity contribution in [3.8, 4) is 0 Å².